The zero-order valence-corrected chi connectivity index (χ0v) is 12.9. The van der Waals surface area contributed by atoms with Crippen molar-refractivity contribution in [1.82, 2.24) is 9.78 Å². The van der Waals surface area contributed by atoms with Crippen molar-refractivity contribution in [2.45, 2.75) is 12.8 Å². The Hall–Kier alpha value is -1.85. The lowest BCUT2D eigenvalue weighted by molar-refractivity contribution is 0.208. The number of hydrogen-bond donors (Lipinski definition) is 1. The van der Waals surface area contributed by atoms with Crippen LogP contribution in [-0.4, -0.2) is 34.6 Å². The van der Waals surface area contributed by atoms with E-state index >= 15 is 0 Å². The monoisotopic (exact) mass is 319 g/mol. The van der Waals surface area contributed by atoms with Gasteiger partial charge in [-0.15, -0.1) is 0 Å². The van der Waals surface area contributed by atoms with Crippen LogP contribution >= 0.6 is 11.6 Å². The molecule has 0 spiro atoms. The number of piperidine rings is 1. The Kier molecular flexibility index (Phi) is 4.45. The molecule has 1 atom stereocenters. The summed E-state index contributed by atoms with van der Waals surface area (Å²) >= 11 is 6.30. The molecule has 1 aliphatic rings. The van der Waals surface area contributed by atoms with Gasteiger partial charge in [0.15, 0.2) is 0 Å². The number of aromatic nitrogens is 2. The first-order valence-electron chi connectivity index (χ1n) is 7.39. The highest BCUT2D eigenvalue weighted by atomic mass is 35.5. The number of aliphatic hydroxyl groups excluding tert-OH is 1. The molecule has 6 heteroatoms. The van der Waals surface area contributed by atoms with Gasteiger partial charge in [-0.1, -0.05) is 29.8 Å². The summed E-state index contributed by atoms with van der Waals surface area (Å²) in [5, 5.41) is 13.8. The van der Waals surface area contributed by atoms with E-state index < -0.39 is 0 Å². The molecular weight excluding hydrogens is 302 g/mol. The maximum atomic E-state index is 12.5. The molecule has 1 aromatic heterocycles. The summed E-state index contributed by atoms with van der Waals surface area (Å²) in [4.78, 5) is 14.5. The predicted molar refractivity (Wildman–Crippen MR) is 86.9 cm³/mol. The third kappa shape index (κ3) is 2.87. The van der Waals surface area contributed by atoms with Crippen molar-refractivity contribution in [1.29, 1.82) is 0 Å². The van der Waals surface area contributed by atoms with Gasteiger partial charge in [-0.05, 0) is 30.9 Å². The summed E-state index contributed by atoms with van der Waals surface area (Å²) in [5.41, 5.74) is 1.02. The SMILES string of the molecule is O=c1c(Cl)c(N2CCCC(CO)C2)cnn1-c1ccccc1. The van der Waals surface area contributed by atoms with Crippen molar-refractivity contribution in [3.63, 3.8) is 0 Å². The highest BCUT2D eigenvalue weighted by Crippen LogP contribution is 2.26. The summed E-state index contributed by atoms with van der Waals surface area (Å²) in [7, 11) is 0. The topological polar surface area (TPSA) is 58.4 Å². The van der Waals surface area contributed by atoms with Crippen LogP contribution in [0, 0.1) is 5.92 Å². The first kappa shape index (κ1) is 15.1. The van der Waals surface area contributed by atoms with Crippen LogP contribution in [0.25, 0.3) is 5.69 Å². The van der Waals surface area contributed by atoms with Crippen molar-refractivity contribution in [3.05, 3.63) is 51.9 Å². The van der Waals surface area contributed by atoms with Gasteiger partial charge in [0.2, 0.25) is 0 Å². The van der Waals surface area contributed by atoms with Crippen LogP contribution in [0.1, 0.15) is 12.8 Å². The Balaban J connectivity index is 1.95. The van der Waals surface area contributed by atoms with Crippen LogP contribution in [0.2, 0.25) is 5.02 Å². The van der Waals surface area contributed by atoms with Crippen LogP contribution in [-0.2, 0) is 0 Å². The van der Waals surface area contributed by atoms with Gasteiger partial charge in [-0.3, -0.25) is 4.79 Å². The molecule has 0 amide bonds. The molecule has 3 rings (SSSR count). The van der Waals surface area contributed by atoms with Crippen molar-refractivity contribution in [3.8, 4) is 5.69 Å². The number of hydrogen-bond acceptors (Lipinski definition) is 4. The second kappa shape index (κ2) is 6.50. The van der Waals surface area contributed by atoms with E-state index in [-0.39, 0.29) is 23.1 Å². The lowest BCUT2D eigenvalue weighted by atomic mass is 9.99. The number of nitrogens with zero attached hydrogens (tertiary/aromatic N) is 3. The number of benzene rings is 1. The molecule has 5 nitrogen and oxygen atoms in total. The van der Waals surface area contributed by atoms with E-state index in [2.05, 4.69) is 5.10 Å². The fourth-order valence-corrected chi connectivity index (χ4v) is 3.08. The zero-order valence-electron chi connectivity index (χ0n) is 12.2. The Labute approximate surface area is 133 Å². The molecule has 116 valence electrons. The minimum absolute atomic E-state index is 0.155. The number of halogens is 1. The van der Waals surface area contributed by atoms with E-state index in [9.17, 15) is 9.90 Å². The molecule has 2 aromatic rings. The molecule has 1 unspecified atom stereocenters. The maximum Gasteiger partial charge on any atom is 0.292 e. The van der Waals surface area contributed by atoms with Gasteiger partial charge in [0, 0.05) is 19.7 Å². The van der Waals surface area contributed by atoms with Gasteiger partial charge in [0.25, 0.3) is 5.56 Å². The third-order valence-corrected chi connectivity index (χ3v) is 4.37. The predicted octanol–water partition coefficient (Wildman–Crippen LogP) is 2.09. The Morgan fingerprint density at radius 2 is 2.09 bits per heavy atom. The molecular formula is C16H18ClN3O2. The summed E-state index contributed by atoms with van der Waals surface area (Å²) in [6, 6.07) is 9.21. The average Bonchev–Trinajstić information content (AvgIpc) is 2.58. The van der Waals surface area contributed by atoms with E-state index in [1.54, 1.807) is 6.20 Å². The second-order valence-electron chi connectivity index (χ2n) is 5.53. The third-order valence-electron chi connectivity index (χ3n) is 4.02. The number of para-hydroxylation sites is 1. The van der Waals surface area contributed by atoms with E-state index in [1.165, 1.54) is 4.68 Å². The minimum atomic E-state index is -0.323. The molecule has 1 aromatic carbocycles. The average molecular weight is 320 g/mol. The molecule has 0 saturated carbocycles. The largest absolute Gasteiger partial charge is 0.396 e. The maximum absolute atomic E-state index is 12.5. The summed E-state index contributed by atoms with van der Waals surface area (Å²) < 4.78 is 1.30. The lowest BCUT2D eigenvalue weighted by Crippen LogP contribution is -2.38. The molecule has 1 aliphatic heterocycles. The molecule has 0 bridgehead atoms. The van der Waals surface area contributed by atoms with Gasteiger partial charge in [0.1, 0.15) is 5.02 Å². The van der Waals surface area contributed by atoms with E-state index in [0.29, 0.717) is 17.9 Å². The molecule has 2 heterocycles. The van der Waals surface area contributed by atoms with Gasteiger partial charge < -0.3 is 10.0 Å². The fraction of sp³-hybridized carbons (Fsp3) is 0.375. The lowest BCUT2D eigenvalue weighted by Gasteiger charge is -2.33. The van der Waals surface area contributed by atoms with Gasteiger partial charge >= 0.3 is 0 Å². The molecule has 0 radical (unpaired) electrons. The number of rotatable bonds is 3. The van der Waals surface area contributed by atoms with Crippen LogP contribution in [0.3, 0.4) is 0 Å². The van der Waals surface area contributed by atoms with E-state index in [4.69, 9.17) is 11.6 Å². The molecule has 1 saturated heterocycles. The smallest absolute Gasteiger partial charge is 0.292 e. The number of anilines is 1. The second-order valence-corrected chi connectivity index (χ2v) is 5.91. The summed E-state index contributed by atoms with van der Waals surface area (Å²) in [6.45, 7) is 1.68. The van der Waals surface area contributed by atoms with Gasteiger partial charge in [-0.25, -0.2) is 0 Å². The van der Waals surface area contributed by atoms with Crippen LogP contribution in [0.4, 0.5) is 5.69 Å². The van der Waals surface area contributed by atoms with Crippen LogP contribution in [0.15, 0.2) is 41.3 Å². The van der Waals surface area contributed by atoms with Gasteiger partial charge in [-0.2, -0.15) is 9.78 Å². The quantitative estimate of drug-likeness (QED) is 0.941. The van der Waals surface area contributed by atoms with Crippen LogP contribution in [0.5, 0.6) is 0 Å². The minimum Gasteiger partial charge on any atom is -0.396 e. The fourth-order valence-electron chi connectivity index (χ4n) is 2.83. The summed E-state index contributed by atoms with van der Waals surface area (Å²) in [5.74, 6) is 0.223. The molecule has 1 N–H and O–H groups in total. The van der Waals surface area contributed by atoms with Gasteiger partial charge in [0.05, 0.1) is 17.6 Å². The Bertz CT molecular complexity index is 702. The van der Waals surface area contributed by atoms with Crippen molar-refractivity contribution >= 4 is 17.3 Å². The Morgan fingerprint density at radius 1 is 1.32 bits per heavy atom. The van der Waals surface area contributed by atoms with E-state index in [0.717, 1.165) is 19.4 Å². The standard InChI is InChI=1S/C16H18ClN3O2/c17-15-14(19-8-4-5-12(10-19)11-21)9-18-20(16(15)22)13-6-2-1-3-7-13/h1-3,6-7,9,12,21H,4-5,8,10-11H2. The van der Waals surface area contributed by atoms with Crippen molar-refractivity contribution in [2.24, 2.45) is 5.92 Å². The van der Waals surface area contributed by atoms with Crippen molar-refractivity contribution < 1.29 is 5.11 Å². The first-order valence-corrected chi connectivity index (χ1v) is 7.77. The molecule has 1 fully saturated rings. The van der Waals surface area contributed by atoms with Crippen LogP contribution < -0.4 is 10.5 Å². The zero-order chi connectivity index (χ0) is 15.5. The van der Waals surface area contributed by atoms with Crippen molar-refractivity contribution in [2.75, 3.05) is 24.6 Å². The Morgan fingerprint density at radius 3 is 2.82 bits per heavy atom. The first-order chi connectivity index (χ1) is 10.7. The molecule has 0 aliphatic carbocycles. The van der Waals surface area contributed by atoms with E-state index in [1.807, 2.05) is 35.2 Å². The number of aliphatic hydroxyl groups is 1. The highest BCUT2D eigenvalue weighted by Gasteiger charge is 2.23. The summed E-state index contributed by atoms with van der Waals surface area (Å²) in [6.07, 6.45) is 3.61. The normalized spacial score (nSPS) is 18.5. The highest BCUT2D eigenvalue weighted by molar-refractivity contribution is 6.33. The molecule has 22 heavy (non-hydrogen) atoms.